The van der Waals surface area contributed by atoms with E-state index in [0.29, 0.717) is 5.02 Å². The van der Waals surface area contributed by atoms with Crippen molar-refractivity contribution in [2.24, 2.45) is 11.1 Å². The second-order valence-corrected chi connectivity index (χ2v) is 5.41. The van der Waals surface area contributed by atoms with Gasteiger partial charge in [0.05, 0.1) is 5.02 Å². The number of rotatable bonds is 1. The molecule has 0 saturated carbocycles. The Hall–Kier alpha value is -0.310. The molecule has 0 radical (unpaired) electrons. The van der Waals surface area contributed by atoms with Crippen LogP contribution in [0.1, 0.15) is 32.4 Å². The summed E-state index contributed by atoms with van der Waals surface area (Å²) in [5, 5.41) is 0.369. The molecule has 0 fully saturated rings. The van der Waals surface area contributed by atoms with Gasteiger partial charge in [-0.25, -0.2) is 4.39 Å². The van der Waals surface area contributed by atoms with Crippen LogP contribution in [0.15, 0.2) is 12.1 Å². The lowest BCUT2D eigenvalue weighted by atomic mass is 9.83. The van der Waals surface area contributed by atoms with Crippen LogP contribution in [-0.4, -0.2) is 0 Å². The molecule has 0 aromatic heterocycles. The van der Waals surface area contributed by atoms with E-state index in [9.17, 15) is 4.39 Å². The van der Waals surface area contributed by atoms with Crippen LogP contribution in [-0.2, 0) is 0 Å². The maximum atomic E-state index is 13.7. The molecule has 0 aliphatic carbocycles. The highest BCUT2D eigenvalue weighted by molar-refractivity contribution is 6.33. The molecule has 1 aromatic carbocycles. The molecular formula is C11H14Cl2FN. The zero-order chi connectivity index (χ0) is 11.8. The smallest absolute Gasteiger partial charge is 0.148 e. The minimum absolute atomic E-state index is 0.0501. The van der Waals surface area contributed by atoms with E-state index in [4.69, 9.17) is 28.9 Å². The van der Waals surface area contributed by atoms with Crippen molar-refractivity contribution < 1.29 is 4.39 Å². The summed E-state index contributed by atoms with van der Waals surface area (Å²) in [5.41, 5.74) is 5.98. The van der Waals surface area contributed by atoms with Gasteiger partial charge in [-0.05, 0) is 17.5 Å². The maximum Gasteiger partial charge on any atom is 0.148 e. The summed E-state index contributed by atoms with van der Waals surface area (Å²) in [5.74, 6) is -0.522. The summed E-state index contributed by atoms with van der Waals surface area (Å²) in [7, 11) is 0. The van der Waals surface area contributed by atoms with Crippen LogP contribution < -0.4 is 5.73 Å². The molecule has 0 aliphatic heterocycles. The number of benzene rings is 1. The minimum atomic E-state index is -0.522. The van der Waals surface area contributed by atoms with E-state index in [-0.39, 0.29) is 16.0 Å². The first-order valence-corrected chi connectivity index (χ1v) is 5.39. The fourth-order valence-corrected chi connectivity index (χ4v) is 1.69. The SMILES string of the molecule is CC(C)(C)[C@@H](N)c1c(Cl)ccc(Cl)c1F. The Labute approximate surface area is 99.4 Å². The molecule has 1 atom stereocenters. The average Bonchev–Trinajstić information content (AvgIpc) is 2.10. The predicted octanol–water partition coefficient (Wildman–Crippen LogP) is 4.18. The van der Waals surface area contributed by atoms with Crippen molar-refractivity contribution in [1.29, 1.82) is 0 Å². The molecule has 0 aliphatic rings. The average molecular weight is 250 g/mol. The molecular weight excluding hydrogens is 236 g/mol. The third-order valence-corrected chi connectivity index (χ3v) is 2.94. The van der Waals surface area contributed by atoms with E-state index in [0.717, 1.165) is 0 Å². The van der Waals surface area contributed by atoms with Gasteiger partial charge in [0, 0.05) is 16.6 Å². The molecule has 1 nitrogen and oxygen atoms in total. The van der Waals surface area contributed by atoms with E-state index >= 15 is 0 Å². The van der Waals surface area contributed by atoms with E-state index < -0.39 is 11.9 Å². The molecule has 1 aromatic rings. The molecule has 0 bridgehead atoms. The molecule has 2 N–H and O–H groups in total. The molecule has 0 spiro atoms. The first kappa shape index (κ1) is 12.8. The van der Waals surface area contributed by atoms with Crippen molar-refractivity contribution >= 4 is 23.2 Å². The molecule has 84 valence electrons. The van der Waals surface area contributed by atoms with Crippen molar-refractivity contribution in [1.82, 2.24) is 0 Å². The van der Waals surface area contributed by atoms with Crippen molar-refractivity contribution in [3.05, 3.63) is 33.6 Å². The van der Waals surface area contributed by atoms with E-state index in [1.165, 1.54) is 6.07 Å². The fraction of sp³-hybridized carbons (Fsp3) is 0.455. The normalized spacial score (nSPS) is 14.1. The molecule has 0 amide bonds. The minimum Gasteiger partial charge on any atom is -0.323 e. The van der Waals surface area contributed by atoms with Gasteiger partial charge in [-0.15, -0.1) is 0 Å². The summed E-state index contributed by atoms with van der Waals surface area (Å²) in [6.45, 7) is 5.77. The molecule has 0 heterocycles. The number of hydrogen-bond donors (Lipinski definition) is 1. The Morgan fingerprint density at radius 2 is 1.67 bits per heavy atom. The third-order valence-electron chi connectivity index (χ3n) is 2.32. The Balaban J connectivity index is 3.31. The van der Waals surface area contributed by atoms with E-state index in [2.05, 4.69) is 0 Å². The van der Waals surface area contributed by atoms with Crippen LogP contribution in [0.25, 0.3) is 0 Å². The lowest BCUT2D eigenvalue weighted by molar-refractivity contribution is 0.319. The van der Waals surface area contributed by atoms with Gasteiger partial charge in [-0.1, -0.05) is 44.0 Å². The van der Waals surface area contributed by atoms with Gasteiger partial charge in [0.25, 0.3) is 0 Å². The van der Waals surface area contributed by atoms with Crippen LogP contribution in [0.4, 0.5) is 4.39 Å². The second-order valence-electron chi connectivity index (χ2n) is 4.60. The lowest BCUT2D eigenvalue weighted by Gasteiger charge is -2.28. The van der Waals surface area contributed by atoms with Gasteiger partial charge in [-0.2, -0.15) is 0 Å². The van der Waals surface area contributed by atoms with Gasteiger partial charge < -0.3 is 5.73 Å². The summed E-state index contributed by atoms with van der Waals surface area (Å²) < 4.78 is 13.7. The van der Waals surface area contributed by atoms with Crippen molar-refractivity contribution in [2.45, 2.75) is 26.8 Å². The summed E-state index contributed by atoms with van der Waals surface area (Å²) in [6, 6.07) is 2.51. The van der Waals surface area contributed by atoms with E-state index in [1.807, 2.05) is 20.8 Å². The molecule has 0 unspecified atom stereocenters. The first-order chi connectivity index (χ1) is 6.75. The van der Waals surface area contributed by atoms with Crippen LogP contribution in [0, 0.1) is 11.2 Å². The van der Waals surface area contributed by atoms with E-state index in [1.54, 1.807) is 6.07 Å². The van der Waals surface area contributed by atoms with Gasteiger partial charge in [0.2, 0.25) is 0 Å². The topological polar surface area (TPSA) is 26.0 Å². The predicted molar refractivity (Wildman–Crippen MR) is 62.8 cm³/mol. The molecule has 1 rings (SSSR count). The zero-order valence-electron chi connectivity index (χ0n) is 8.94. The van der Waals surface area contributed by atoms with Crippen LogP contribution in [0.3, 0.4) is 0 Å². The van der Waals surface area contributed by atoms with Crippen molar-refractivity contribution in [3.8, 4) is 0 Å². The van der Waals surface area contributed by atoms with Crippen LogP contribution >= 0.6 is 23.2 Å². The highest BCUT2D eigenvalue weighted by Gasteiger charge is 2.27. The van der Waals surface area contributed by atoms with Gasteiger partial charge in [0.1, 0.15) is 5.82 Å². The fourth-order valence-electron chi connectivity index (χ4n) is 1.26. The van der Waals surface area contributed by atoms with Crippen molar-refractivity contribution in [2.75, 3.05) is 0 Å². The monoisotopic (exact) mass is 249 g/mol. The summed E-state index contributed by atoms with van der Waals surface area (Å²) in [6.07, 6.45) is 0. The number of halogens is 3. The highest BCUT2D eigenvalue weighted by atomic mass is 35.5. The van der Waals surface area contributed by atoms with Crippen LogP contribution in [0.5, 0.6) is 0 Å². The zero-order valence-corrected chi connectivity index (χ0v) is 10.5. The number of nitrogens with two attached hydrogens (primary N) is 1. The lowest BCUT2D eigenvalue weighted by Crippen LogP contribution is -2.27. The van der Waals surface area contributed by atoms with Gasteiger partial charge >= 0.3 is 0 Å². The largest absolute Gasteiger partial charge is 0.323 e. The highest BCUT2D eigenvalue weighted by Crippen LogP contribution is 2.37. The van der Waals surface area contributed by atoms with Crippen molar-refractivity contribution in [3.63, 3.8) is 0 Å². The first-order valence-electron chi connectivity index (χ1n) is 4.64. The third kappa shape index (κ3) is 2.63. The summed E-state index contributed by atoms with van der Waals surface area (Å²) >= 11 is 11.6. The standard InChI is InChI=1S/C11H14Cl2FN/c1-11(2,3)10(15)8-6(12)4-5-7(13)9(8)14/h4-5,10H,15H2,1-3H3/t10-/m0/s1. The quantitative estimate of drug-likeness (QED) is 0.743. The molecule has 4 heteroatoms. The Kier molecular flexibility index (Phi) is 3.64. The number of hydrogen-bond acceptors (Lipinski definition) is 1. The summed E-state index contributed by atoms with van der Waals surface area (Å²) in [4.78, 5) is 0. The van der Waals surface area contributed by atoms with Gasteiger partial charge in [-0.3, -0.25) is 0 Å². The molecule has 0 saturated heterocycles. The Morgan fingerprint density at radius 3 is 2.13 bits per heavy atom. The maximum absolute atomic E-state index is 13.7. The second kappa shape index (κ2) is 4.28. The Morgan fingerprint density at radius 1 is 1.20 bits per heavy atom. The Bertz CT molecular complexity index is 372. The van der Waals surface area contributed by atoms with Gasteiger partial charge in [0.15, 0.2) is 0 Å². The molecule has 15 heavy (non-hydrogen) atoms. The van der Waals surface area contributed by atoms with Crippen LogP contribution in [0.2, 0.25) is 10.0 Å².